The average Bonchev–Trinajstić information content (AvgIpc) is 3.26. The molecule has 3 aromatic rings. The number of hydrogen-bond donors (Lipinski definition) is 2. The van der Waals surface area contributed by atoms with E-state index in [-0.39, 0.29) is 17.8 Å². The van der Waals surface area contributed by atoms with Crippen molar-refractivity contribution in [1.29, 1.82) is 0 Å². The molecule has 2 N–H and O–H groups in total. The fourth-order valence-corrected chi connectivity index (χ4v) is 3.05. The van der Waals surface area contributed by atoms with Gasteiger partial charge in [0, 0.05) is 18.7 Å². The molecule has 128 valence electrons. The zero-order chi connectivity index (χ0) is 17.2. The summed E-state index contributed by atoms with van der Waals surface area (Å²) in [5, 5.41) is 2.87. The van der Waals surface area contributed by atoms with Gasteiger partial charge in [-0.15, -0.1) is 0 Å². The summed E-state index contributed by atoms with van der Waals surface area (Å²) in [6, 6.07) is 12.1. The molecular formula is C19H18FN3O2. The number of fused-ring (bicyclic) bond motifs is 1. The van der Waals surface area contributed by atoms with Crippen molar-refractivity contribution < 1.29 is 13.9 Å². The third-order valence-corrected chi connectivity index (χ3v) is 4.34. The Bertz CT molecular complexity index is 916. The summed E-state index contributed by atoms with van der Waals surface area (Å²) in [6.07, 6.45) is 1.69. The Morgan fingerprint density at radius 1 is 1.32 bits per heavy atom. The highest BCUT2D eigenvalue weighted by atomic mass is 19.1. The number of aromatic amines is 1. The van der Waals surface area contributed by atoms with E-state index in [1.54, 1.807) is 18.2 Å². The molecule has 0 bridgehead atoms. The first-order valence-electron chi connectivity index (χ1n) is 8.33. The quantitative estimate of drug-likeness (QED) is 0.765. The van der Waals surface area contributed by atoms with Gasteiger partial charge in [0.25, 0.3) is 5.91 Å². The highest BCUT2D eigenvalue weighted by molar-refractivity contribution is 5.96. The minimum atomic E-state index is -0.367. The molecule has 2 heterocycles. The summed E-state index contributed by atoms with van der Waals surface area (Å²) in [5.41, 5.74) is 2.86. The zero-order valence-electron chi connectivity index (χ0n) is 13.6. The van der Waals surface area contributed by atoms with Crippen molar-refractivity contribution in [3.8, 4) is 0 Å². The number of ether oxygens (including phenoxy) is 1. The smallest absolute Gasteiger partial charge is 0.253 e. The standard InChI is InChI=1S/C19H18FN3O2/c20-14-5-2-1-4-12(14)10-18-22-15-8-7-13(11-16(15)23-18)21-19(24)17-6-3-9-25-17/h1-2,4-5,7-8,11,17H,3,6,9-10H2,(H,21,24)(H,22,23)/t17-/m0/s1. The number of H-pyrrole nitrogens is 1. The second kappa shape index (κ2) is 6.64. The number of carbonyl (C=O) groups excluding carboxylic acids is 1. The van der Waals surface area contributed by atoms with E-state index in [0.717, 1.165) is 23.9 Å². The number of halogens is 1. The van der Waals surface area contributed by atoms with Crippen molar-refractivity contribution in [3.63, 3.8) is 0 Å². The lowest BCUT2D eigenvalue weighted by atomic mass is 10.1. The average molecular weight is 339 g/mol. The summed E-state index contributed by atoms with van der Waals surface area (Å²) >= 11 is 0. The second-order valence-electron chi connectivity index (χ2n) is 6.17. The Kier molecular flexibility index (Phi) is 4.19. The van der Waals surface area contributed by atoms with E-state index in [9.17, 15) is 9.18 Å². The van der Waals surface area contributed by atoms with E-state index in [1.165, 1.54) is 6.07 Å². The van der Waals surface area contributed by atoms with E-state index in [2.05, 4.69) is 15.3 Å². The molecule has 0 saturated carbocycles. The third-order valence-electron chi connectivity index (χ3n) is 4.34. The Hall–Kier alpha value is -2.73. The molecule has 1 aliphatic rings. The molecule has 2 aromatic carbocycles. The highest BCUT2D eigenvalue weighted by Gasteiger charge is 2.23. The van der Waals surface area contributed by atoms with Crippen LogP contribution in [0.5, 0.6) is 0 Å². The summed E-state index contributed by atoms with van der Waals surface area (Å²) in [7, 11) is 0. The first kappa shape index (κ1) is 15.8. The fourth-order valence-electron chi connectivity index (χ4n) is 3.05. The topological polar surface area (TPSA) is 67.0 Å². The molecule has 1 atom stereocenters. The number of amides is 1. The normalized spacial score (nSPS) is 17.1. The first-order chi connectivity index (χ1) is 12.2. The molecule has 0 spiro atoms. The van der Waals surface area contributed by atoms with Crippen molar-refractivity contribution in [3.05, 3.63) is 59.7 Å². The molecule has 1 saturated heterocycles. The van der Waals surface area contributed by atoms with Crippen LogP contribution in [0.1, 0.15) is 24.2 Å². The van der Waals surface area contributed by atoms with Gasteiger partial charge >= 0.3 is 0 Å². The number of hydrogen-bond acceptors (Lipinski definition) is 3. The lowest BCUT2D eigenvalue weighted by molar-refractivity contribution is -0.124. The van der Waals surface area contributed by atoms with Crippen LogP contribution < -0.4 is 5.32 Å². The lowest BCUT2D eigenvalue weighted by Gasteiger charge is -2.10. The minimum Gasteiger partial charge on any atom is -0.368 e. The van der Waals surface area contributed by atoms with Crippen LogP contribution >= 0.6 is 0 Å². The predicted octanol–water partition coefficient (Wildman–Crippen LogP) is 3.41. The van der Waals surface area contributed by atoms with E-state index in [4.69, 9.17) is 4.74 Å². The molecule has 5 nitrogen and oxygen atoms in total. The van der Waals surface area contributed by atoms with Crippen molar-refractivity contribution in [1.82, 2.24) is 9.97 Å². The van der Waals surface area contributed by atoms with E-state index in [1.807, 2.05) is 18.2 Å². The molecular weight excluding hydrogens is 321 g/mol. The van der Waals surface area contributed by atoms with Gasteiger partial charge in [-0.25, -0.2) is 9.37 Å². The van der Waals surface area contributed by atoms with Crippen LogP contribution in [-0.4, -0.2) is 28.6 Å². The molecule has 1 amide bonds. The van der Waals surface area contributed by atoms with Crippen LogP contribution in [0.2, 0.25) is 0 Å². The highest BCUT2D eigenvalue weighted by Crippen LogP contribution is 2.21. The summed E-state index contributed by atoms with van der Waals surface area (Å²) in [6.45, 7) is 0.636. The number of anilines is 1. The van der Waals surface area contributed by atoms with Crippen LogP contribution in [0.4, 0.5) is 10.1 Å². The SMILES string of the molecule is O=C(Nc1ccc2nc(Cc3ccccc3F)[nH]c2c1)[C@@H]1CCCO1. The van der Waals surface area contributed by atoms with Gasteiger partial charge < -0.3 is 15.0 Å². The number of nitrogens with zero attached hydrogens (tertiary/aromatic N) is 1. The number of aromatic nitrogens is 2. The molecule has 1 aromatic heterocycles. The van der Waals surface area contributed by atoms with E-state index in [0.29, 0.717) is 30.1 Å². The van der Waals surface area contributed by atoms with Gasteiger partial charge in [0.05, 0.1) is 11.0 Å². The number of rotatable bonds is 4. The van der Waals surface area contributed by atoms with Gasteiger partial charge in [-0.2, -0.15) is 0 Å². The largest absolute Gasteiger partial charge is 0.368 e. The van der Waals surface area contributed by atoms with Gasteiger partial charge in [-0.1, -0.05) is 18.2 Å². The van der Waals surface area contributed by atoms with Crippen LogP contribution in [0.25, 0.3) is 11.0 Å². The van der Waals surface area contributed by atoms with Gasteiger partial charge in [0.1, 0.15) is 17.7 Å². The lowest BCUT2D eigenvalue weighted by Crippen LogP contribution is -2.26. The van der Waals surface area contributed by atoms with Crippen LogP contribution in [0.15, 0.2) is 42.5 Å². The molecule has 0 aliphatic carbocycles. The molecule has 4 rings (SSSR count). The second-order valence-corrected chi connectivity index (χ2v) is 6.17. The van der Waals surface area contributed by atoms with Gasteiger partial charge in [-0.05, 0) is 42.7 Å². The van der Waals surface area contributed by atoms with Crippen molar-refractivity contribution in [2.45, 2.75) is 25.4 Å². The third kappa shape index (κ3) is 3.39. The Labute approximate surface area is 144 Å². The van der Waals surface area contributed by atoms with Crippen LogP contribution in [0.3, 0.4) is 0 Å². The summed E-state index contributed by atoms with van der Waals surface area (Å²) in [5.74, 6) is 0.318. The van der Waals surface area contributed by atoms with Crippen molar-refractivity contribution in [2.24, 2.45) is 0 Å². The number of imidazole rings is 1. The van der Waals surface area contributed by atoms with E-state index < -0.39 is 0 Å². The Morgan fingerprint density at radius 3 is 3.00 bits per heavy atom. The molecule has 0 radical (unpaired) electrons. The molecule has 25 heavy (non-hydrogen) atoms. The monoisotopic (exact) mass is 339 g/mol. The van der Waals surface area contributed by atoms with Gasteiger partial charge in [-0.3, -0.25) is 4.79 Å². The Balaban J connectivity index is 1.53. The molecule has 6 heteroatoms. The maximum absolute atomic E-state index is 13.8. The predicted molar refractivity (Wildman–Crippen MR) is 92.9 cm³/mol. The summed E-state index contributed by atoms with van der Waals surface area (Å²) < 4.78 is 19.2. The van der Waals surface area contributed by atoms with Gasteiger partial charge in [0.15, 0.2) is 0 Å². The first-order valence-corrected chi connectivity index (χ1v) is 8.33. The molecule has 0 unspecified atom stereocenters. The van der Waals surface area contributed by atoms with Crippen LogP contribution in [-0.2, 0) is 16.0 Å². The maximum atomic E-state index is 13.8. The zero-order valence-corrected chi connectivity index (χ0v) is 13.6. The van der Waals surface area contributed by atoms with Crippen LogP contribution in [0, 0.1) is 5.82 Å². The molecule has 1 fully saturated rings. The van der Waals surface area contributed by atoms with E-state index >= 15 is 0 Å². The number of carbonyl (C=O) groups is 1. The minimum absolute atomic E-state index is 0.122. The fraction of sp³-hybridized carbons (Fsp3) is 0.263. The maximum Gasteiger partial charge on any atom is 0.253 e. The van der Waals surface area contributed by atoms with Crippen molar-refractivity contribution in [2.75, 3.05) is 11.9 Å². The number of nitrogens with one attached hydrogen (secondary N) is 2. The number of benzene rings is 2. The van der Waals surface area contributed by atoms with Crippen molar-refractivity contribution >= 4 is 22.6 Å². The molecule has 1 aliphatic heterocycles. The summed E-state index contributed by atoms with van der Waals surface area (Å²) in [4.78, 5) is 19.8. The Morgan fingerprint density at radius 2 is 2.20 bits per heavy atom. The van der Waals surface area contributed by atoms with Gasteiger partial charge in [0.2, 0.25) is 0 Å².